The molecule has 1 aromatic rings. The summed E-state index contributed by atoms with van der Waals surface area (Å²) in [5.74, 6) is 0. The Balaban J connectivity index is 2.84. The fourth-order valence-electron chi connectivity index (χ4n) is 1.33. The van der Waals surface area contributed by atoms with Crippen molar-refractivity contribution >= 4 is 0 Å². The smallest absolute Gasteiger partial charge is 0.0732 e. The van der Waals surface area contributed by atoms with Crippen LogP contribution in [0.15, 0.2) is 18.3 Å². The van der Waals surface area contributed by atoms with Gasteiger partial charge in [0.2, 0.25) is 0 Å². The largest absolute Gasteiger partial charge is 0.383 e. The summed E-state index contributed by atoms with van der Waals surface area (Å²) in [6.07, 6.45) is 1.81. The van der Waals surface area contributed by atoms with Crippen LogP contribution in [0.3, 0.4) is 0 Å². The Kier molecular flexibility index (Phi) is 3.86. The number of pyridine rings is 1. The monoisotopic (exact) mass is 180 g/mol. The number of hydrogen-bond donors (Lipinski definition) is 1. The van der Waals surface area contributed by atoms with Crippen LogP contribution in [0.5, 0.6) is 0 Å². The molecular weight excluding hydrogens is 164 g/mol. The van der Waals surface area contributed by atoms with Crippen LogP contribution < -0.4 is 5.32 Å². The van der Waals surface area contributed by atoms with Crippen LogP contribution >= 0.6 is 0 Å². The molecule has 3 heteroatoms. The maximum absolute atomic E-state index is 5.10. The van der Waals surface area contributed by atoms with Crippen LogP contribution in [0, 0.1) is 6.92 Å². The molecule has 0 aliphatic carbocycles. The molecule has 0 fully saturated rings. The average molecular weight is 180 g/mol. The number of aromatic nitrogens is 1. The molecule has 1 unspecified atom stereocenters. The molecule has 72 valence electrons. The lowest BCUT2D eigenvalue weighted by molar-refractivity contribution is 0.168. The maximum Gasteiger partial charge on any atom is 0.0732 e. The van der Waals surface area contributed by atoms with E-state index in [1.165, 1.54) is 5.56 Å². The van der Waals surface area contributed by atoms with E-state index in [1.54, 1.807) is 7.11 Å². The second-order valence-corrected chi connectivity index (χ2v) is 3.00. The van der Waals surface area contributed by atoms with Gasteiger partial charge in [0.05, 0.1) is 18.3 Å². The van der Waals surface area contributed by atoms with Crippen LogP contribution in [-0.2, 0) is 4.74 Å². The molecule has 1 aromatic heterocycles. The van der Waals surface area contributed by atoms with E-state index < -0.39 is 0 Å². The van der Waals surface area contributed by atoms with Gasteiger partial charge in [-0.05, 0) is 25.6 Å². The van der Waals surface area contributed by atoms with E-state index in [0.717, 1.165) is 5.69 Å². The van der Waals surface area contributed by atoms with E-state index in [0.29, 0.717) is 6.61 Å². The third-order valence-corrected chi connectivity index (χ3v) is 2.06. The van der Waals surface area contributed by atoms with Crippen LogP contribution in [0.4, 0.5) is 0 Å². The number of ether oxygens (including phenoxy) is 1. The SMILES string of the molecule is CNC(COC)c1ncccc1C. The van der Waals surface area contributed by atoms with Crippen molar-refractivity contribution < 1.29 is 4.74 Å². The topological polar surface area (TPSA) is 34.1 Å². The molecule has 0 saturated heterocycles. The van der Waals surface area contributed by atoms with Gasteiger partial charge in [0.25, 0.3) is 0 Å². The van der Waals surface area contributed by atoms with Crippen molar-refractivity contribution in [2.45, 2.75) is 13.0 Å². The van der Waals surface area contributed by atoms with Crippen molar-refractivity contribution in [2.24, 2.45) is 0 Å². The predicted molar refractivity (Wildman–Crippen MR) is 52.7 cm³/mol. The maximum atomic E-state index is 5.10. The minimum atomic E-state index is 0.186. The van der Waals surface area contributed by atoms with Crippen LogP contribution in [0.2, 0.25) is 0 Å². The summed E-state index contributed by atoms with van der Waals surface area (Å²) in [6.45, 7) is 2.71. The fraction of sp³-hybridized carbons (Fsp3) is 0.500. The molecule has 13 heavy (non-hydrogen) atoms. The quantitative estimate of drug-likeness (QED) is 0.758. The molecule has 0 saturated carbocycles. The van der Waals surface area contributed by atoms with Gasteiger partial charge in [0.15, 0.2) is 0 Å². The van der Waals surface area contributed by atoms with Crippen molar-refractivity contribution in [3.63, 3.8) is 0 Å². The van der Waals surface area contributed by atoms with Gasteiger partial charge < -0.3 is 10.1 Å². The van der Waals surface area contributed by atoms with E-state index >= 15 is 0 Å². The van der Waals surface area contributed by atoms with Gasteiger partial charge in [-0.1, -0.05) is 6.07 Å². The molecule has 0 radical (unpaired) electrons. The highest BCUT2D eigenvalue weighted by molar-refractivity contribution is 5.20. The van der Waals surface area contributed by atoms with Gasteiger partial charge >= 0.3 is 0 Å². The Hall–Kier alpha value is -0.930. The summed E-state index contributed by atoms with van der Waals surface area (Å²) >= 11 is 0. The third-order valence-electron chi connectivity index (χ3n) is 2.06. The third kappa shape index (κ3) is 2.50. The number of nitrogens with one attached hydrogen (secondary N) is 1. The molecule has 1 atom stereocenters. The van der Waals surface area contributed by atoms with Gasteiger partial charge in [-0.2, -0.15) is 0 Å². The van der Waals surface area contributed by atoms with Gasteiger partial charge in [-0.25, -0.2) is 0 Å². The van der Waals surface area contributed by atoms with Gasteiger partial charge in [0, 0.05) is 13.3 Å². The zero-order valence-corrected chi connectivity index (χ0v) is 8.37. The molecule has 0 aromatic carbocycles. The molecule has 0 aliphatic rings. The van der Waals surface area contributed by atoms with Crippen molar-refractivity contribution in [1.29, 1.82) is 0 Å². The molecule has 0 bridgehead atoms. The average Bonchev–Trinajstić information content (AvgIpc) is 2.16. The Morgan fingerprint density at radius 2 is 2.38 bits per heavy atom. The molecule has 0 amide bonds. The molecule has 1 heterocycles. The zero-order chi connectivity index (χ0) is 9.68. The lowest BCUT2D eigenvalue weighted by atomic mass is 10.1. The number of nitrogens with zero attached hydrogens (tertiary/aromatic N) is 1. The summed E-state index contributed by atoms with van der Waals surface area (Å²) in [5.41, 5.74) is 2.26. The van der Waals surface area contributed by atoms with Gasteiger partial charge in [-0.3, -0.25) is 4.98 Å². The molecule has 1 rings (SSSR count). The van der Waals surface area contributed by atoms with Gasteiger partial charge in [-0.15, -0.1) is 0 Å². The number of rotatable bonds is 4. The molecular formula is C10H16N2O. The first kappa shape index (κ1) is 10.2. The summed E-state index contributed by atoms with van der Waals surface area (Å²) in [4.78, 5) is 4.33. The number of aryl methyl sites for hydroxylation is 1. The highest BCUT2D eigenvalue weighted by Gasteiger charge is 2.11. The van der Waals surface area contributed by atoms with Crippen molar-refractivity contribution in [2.75, 3.05) is 20.8 Å². The van der Waals surface area contributed by atoms with E-state index in [1.807, 2.05) is 19.3 Å². The lowest BCUT2D eigenvalue weighted by Crippen LogP contribution is -2.23. The Morgan fingerprint density at radius 3 is 2.92 bits per heavy atom. The summed E-state index contributed by atoms with van der Waals surface area (Å²) in [7, 11) is 3.61. The Bertz CT molecular complexity index is 263. The Labute approximate surface area is 79.1 Å². The minimum absolute atomic E-state index is 0.186. The molecule has 0 aliphatic heterocycles. The standard InChI is InChI=1S/C10H16N2O/c1-8-5-4-6-12-10(8)9(11-2)7-13-3/h4-6,9,11H,7H2,1-3H3. The molecule has 0 spiro atoms. The van der Waals surface area contributed by atoms with Crippen LogP contribution in [0.1, 0.15) is 17.3 Å². The minimum Gasteiger partial charge on any atom is -0.383 e. The fourth-order valence-corrected chi connectivity index (χ4v) is 1.33. The summed E-state index contributed by atoms with van der Waals surface area (Å²) in [6, 6.07) is 4.19. The van der Waals surface area contributed by atoms with E-state index in [2.05, 4.69) is 23.3 Å². The Morgan fingerprint density at radius 1 is 1.62 bits per heavy atom. The highest BCUT2D eigenvalue weighted by Crippen LogP contribution is 2.13. The number of hydrogen-bond acceptors (Lipinski definition) is 3. The number of methoxy groups -OCH3 is 1. The normalized spacial score (nSPS) is 12.8. The van der Waals surface area contributed by atoms with Gasteiger partial charge in [0.1, 0.15) is 0 Å². The number of likely N-dealkylation sites (N-methyl/N-ethyl adjacent to an activating group) is 1. The highest BCUT2D eigenvalue weighted by atomic mass is 16.5. The second-order valence-electron chi connectivity index (χ2n) is 3.00. The van der Waals surface area contributed by atoms with Crippen LogP contribution in [0.25, 0.3) is 0 Å². The van der Waals surface area contributed by atoms with E-state index in [9.17, 15) is 0 Å². The first-order valence-electron chi connectivity index (χ1n) is 4.37. The van der Waals surface area contributed by atoms with E-state index in [4.69, 9.17) is 4.74 Å². The second kappa shape index (κ2) is 4.94. The first-order chi connectivity index (χ1) is 6.29. The molecule has 3 nitrogen and oxygen atoms in total. The molecule has 1 N–H and O–H groups in total. The predicted octanol–water partition coefficient (Wildman–Crippen LogP) is 1.30. The van der Waals surface area contributed by atoms with Crippen molar-refractivity contribution in [1.82, 2.24) is 10.3 Å². The zero-order valence-electron chi connectivity index (χ0n) is 8.37. The van der Waals surface area contributed by atoms with Crippen molar-refractivity contribution in [3.8, 4) is 0 Å². The lowest BCUT2D eigenvalue weighted by Gasteiger charge is -2.16. The summed E-state index contributed by atoms with van der Waals surface area (Å²) < 4.78 is 5.10. The van der Waals surface area contributed by atoms with E-state index in [-0.39, 0.29) is 6.04 Å². The summed E-state index contributed by atoms with van der Waals surface area (Å²) in [5, 5.41) is 3.17. The first-order valence-corrected chi connectivity index (χ1v) is 4.37. The van der Waals surface area contributed by atoms with Crippen molar-refractivity contribution in [3.05, 3.63) is 29.6 Å². The van der Waals surface area contributed by atoms with Crippen LogP contribution in [-0.4, -0.2) is 25.7 Å².